The molecule has 1 saturated carbocycles. The van der Waals surface area contributed by atoms with Gasteiger partial charge in [-0.3, -0.25) is 0 Å². The van der Waals surface area contributed by atoms with Crippen molar-refractivity contribution in [3.8, 4) is 0 Å². The van der Waals surface area contributed by atoms with Gasteiger partial charge in [-0.05, 0) is 30.5 Å². The lowest BCUT2D eigenvalue weighted by atomic mass is 10.1. The molecule has 2 nitrogen and oxygen atoms in total. The number of hydrogen-bond donors (Lipinski definition) is 2. The summed E-state index contributed by atoms with van der Waals surface area (Å²) in [4.78, 5) is 0. The van der Waals surface area contributed by atoms with E-state index in [2.05, 4.69) is 5.32 Å². The topological polar surface area (TPSA) is 38.0 Å². The maximum atomic E-state index is 12.8. The zero-order chi connectivity index (χ0) is 13.2. The SMILES string of the molecule is Nc1ccc(CNC2CCCC2)c(C(F)(F)F)c1. The Morgan fingerprint density at radius 1 is 1.22 bits per heavy atom. The highest BCUT2D eigenvalue weighted by molar-refractivity contribution is 5.46. The van der Waals surface area contributed by atoms with Gasteiger partial charge < -0.3 is 11.1 Å². The summed E-state index contributed by atoms with van der Waals surface area (Å²) in [7, 11) is 0. The van der Waals surface area contributed by atoms with E-state index in [0.29, 0.717) is 6.04 Å². The van der Waals surface area contributed by atoms with Crippen molar-refractivity contribution in [3.63, 3.8) is 0 Å². The van der Waals surface area contributed by atoms with Crippen molar-refractivity contribution in [2.75, 3.05) is 5.73 Å². The Balaban J connectivity index is 2.11. The summed E-state index contributed by atoms with van der Waals surface area (Å²) in [5.41, 5.74) is 5.20. The third-order valence-electron chi connectivity index (χ3n) is 3.38. The van der Waals surface area contributed by atoms with Gasteiger partial charge in [0.25, 0.3) is 0 Å². The van der Waals surface area contributed by atoms with E-state index in [1.807, 2.05) is 0 Å². The molecule has 0 bridgehead atoms. The van der Waals surface area contributed by atoms with Crippen LogP contribution in [0, 0.1) is 0 Å². The number of halogens is 3. The molecular formula is C13H17F3N2. The molecular weight excluding hydrogens is 241 g/mol. The molecule has 0 atom stereocenters. The largest absolute Gasteiger partial charge is 0.416 e. The first-order valence-corrected chi connectivity index (χ1v) is 6.16. The molecule has 0 saturated heterocycles. The summed E-state index contributed by atoms with van der Waals surface area (Å²) in [6.45, 7) is 0.250. The molecule has 0 amide bonds. The van der Waals surface area contributed by atoms with Crippen molar-refractivity contribution in [1.82, 2.24) is 5.32 Å². The van der Waals surface area contributed by atoms with E-state index in [1.165, 1.54) is 12.1 Å². The van der Waals surface area contributed by atoms with Gasteiger partial charge in [-0.2, -0.15) is 13.2 Å². The zero-order valence-corrected chi connectivity index (χ0v) is 10.1. The molecule has 0 spiro atoms. The van der Waals surface area contributed by atoms with Crippen molar-refractivity contribution >= 4 is 5.69 Å². The molecule has 18 heavy (non-hydrogen) atoms. The monoisotopic (exact) mass is 258 g/mol. The van der Waals surface area contributed by atoms with Gasteiger partial charge in [0.15, 0.2) is 0 Å². The molecule has 1 fully saturated rings. The molecule has 5 heteroatoms. The standard InChI is InChI=1S/C13H17F3N2/c14-13(15,16)12-7-10(17)6-5-9(12)8-18-11-3-1-2-4-11/h5-7,11,18H,1-4,8,17H2. The lowest BCUT2D eigenvalue weighted by Crippen LogP contribution is -2.26. The van der Waals surface area contributed by atoms with Crippen molar-refractivity contribution in [2.24, 2.45) is 0 Å². The zero-order valence-electron chi connectivity index (χ0n) is 10.1. The molecule has 0 aromatic heterocycles. The second-order valence-corrected chi connectivity index (χ2v) is 4.78. The predicted octanol–water partition coefficient (Wildman–Crippen LogP) is 3.32. The fraction of sp³-hybridized carbons (Fsp3) is 0.538. The third kappa shape index (κ3) is 3.16. The maximum Gasteiger partial charge on any atom is 0.416 e. The number of nitrogens with one attached hydrogen (secondary N) is 1. The van der Waals surface area contributed by atoms with Gasteiger partial charge >= 0.3 is 6.18 Å². The van der Waals surface area contributed by atoms with Crippen LogP contribution >= 0.6 is 0 Å². The first-order valence-electron chi connectivity index (χ1n) is 6.16. The third-order valence-corrected chi connectivity index (χ3v) is 3.38. The van der Waals surface area contributed by atoms with Crippen LogP contribution in [0.3, 0.4) is 0 Å². The average molecular weight is 258 g/mol. The molecule has 0 unspecified atom stereocenters. The van der Waals surface area contributed by atoms with Crippen LogP contribution < -0.4 is 11.1 Å². The summed E-state index contributed by atoms with van der Waals surface area (Å²) in [5, 5.41) is 3.19. The summed E-state index contributed by atoms with van der Waals surface area (Å²) < 4.78 is 38.5. The summed E-state index contributed by atoms with van der Waals surface area (Å²) in [6.07, 6.45) is 0.0752. The summed E-state index contributed by atoms with van der Waals surface area (Å²) in [6, 6.07) is 4.33. The van der Waals surface area contributed by atoms with Crippen LogP contribution in [0.15, 0.2) is 18.2 Å². The van der Waals surface area contributed by atoms with Crippen LogP contribution in [-0.4, -0.2) is 6.04 Å². The molecule has 0 aliphatic heterocycles. The quantitative estimate of drug-likeness (QED) is 0.816. The van der Waals surface area contributed by atoms with E-state index in [1.54, 1.807) is 0 Å². The Morgan fingerprint density at radius 3 is 2.50 bits per heavy atom. The fourth-order valence-corrected chi connectivity index (χ4v) is 2.40. The molecule has 0 radical (unpaired) electrons. The molecule has 1 aromatic rings. The van der Waals surface area contributed by atoms with Crippen LogP contribution in [-0.2, 0) is 12.7 Å². The van der Waals surface area contributed by atoms with Gasteiger partial charge in [-0.25, -0.2) is 0 Å². The lowest BCUT2D eigenvalue weighted by Gasteiger charge is -2.16. The number of rotatable bonds is 3. The van der Waals surface area contributed by atoms with E-state index in [9.17, 15) is 13.2 Å². The highest BCUT2D eigenvalue weighted by Crippen LogP contribution is 2.33. The Kier molecular flexibility index (Phi) is 3.80. The van der Waals surface area contributed by atoms with E-state index >= 15 is 0 Å². The average Bonchev–Trinajstić information content (AvgIpc) is 2.79. The van der Waals surface area contributed by atoms with Crippen molar-refractivity contribution < 1.29 is 13.2 Å². The summed E-state index contributed by atoms with van der Waals surface area (Å²) >= 11 is 0. The van der Waals surface area contributed by atoms with Crippen LogP contribution in [0.2, 0.25) is 0 Å². The minimum absolute atomic E-state index is 0.145. The highest BCUT2D eigenvalue weighted by Gasteiger charge is 2.33. The number of alkyl halides is 3. The second kappa shape index (κ2) is 5.18. The molecule has 1 aliphatic carbocycles. The van der Waals surface area contributed by atoms with Gasteiger partial charge in [0, 0.05) is 18.3 Å². The van der Waals surface area contributed by atoms with Gasteiger partial charge in [0.05, 0.1) is 5.56 Å². The first-order chi connectivity index (χ1) is 8.47. The molecule has 0 heterocycles. The van der Waals surface area contributed by atoms with Crippen LogP contribution in [0.25, 0.3) is 0 Å². The Hall–Kier alpha value is -1.23. The number of hydrogen-bond acceptors (Lipinski definition) is 2. The van der Waals surface area contributed by atoms with Gasteiger partial charge in [-0.1, -0.05) is 18.9 Å². The Bertz CT molecular complexity index is 409. The minimum atomic E-state index is -4.35. The lowest BCUT2D eigenvalue weighted by molar-refractivity contribution is -0.138. The van der Waals surface area contributed by atoms with Crippen LogP contribution in [0.5, 0.6) is 0 Å². The predicted molar refractivity (Wildman–Crippen MR) is 65.0 cm³/mol. The Labute approximate surface area is 104 Å². The van der Waals surface area contributed by atoms with E-state index in [-0.39, 0.29) is 17.8 Å². The normalized spacial score (nSPS) is 17.3. The van der Waals surface area contributed by atoms with Crippen molar-refractivity contribution in [2.45, 2.75) is 44.4 Å². The van der Waals surface area contributed by atoms with E-state index in [4.69, 9.17) is 5.73 Å². The highest BCUT2D eigenvalue weighted by atomic mass is 19.4. The maximum absolute atomic E-state index is 12.8. The van der Waals surface area contributed by atoms with Crippen molar-refractivity contribution in [3.05, 3.63) is 29.3 Å². The Morgan fingerprint density at radius 2 is 1.89 bits per heavy atom. The number of nitrogens with two attached hydrogens (primary N) is 1. The van der Waals surface area contributed by atoms with E-state index < -0.39 is 11.7 Å². The molecule has 1 aromatic carbocycles. The number of anilines is 1. The molecule has 100 valence electrons. The smallest absolute Gasteiger partial charge is 0.399 e. The minimum Gasteiger partial charge on any atom is -0.399 e. The van der Waals surface area contributed by atoms with Crippen molar-refractivity contribution in [1.29, 1.82) is 0 Å². The number of benzene rings is 1. The van der Waals surface area contributed by atoms with Crippen LogP contribution in [0.1, 0.15) is 36.8 Å². The van der Waals surface area contributed by atoms with E-state index in [0.717, 1.165) is 31.7 Å². The van der Waals surface area contributed by atoms with Crippen LogP contribution in [0.4, 0.5) is 18.9 Å². The van der Waals surface area contributed by atoms with Gasteiger partial charge in [-0.15, -0.1) is 0 Å². The molecule has 2 rings (SSSR count). The van der Waals surface area contributed by atoms with Gasteiger partial charge in [0.1, 0.15) is 0 Å². The fourth-order valence-electron chi connectivity index (χ4n) is 2.40. The van der Waals surface area contributed by atoms with Gasteiger partial charge in [0.2, 0.25) is 0 Å². The molecule has 1 aliphatic rings. The summed E-state index contributed by atoms with van der Waals surface area (Å²) in [5.74, 6) is 0. The molecule has 3 N–H and O–H groups in total. The first kappa shape index (κ1) is 13.2. The second-order valence-electron chi connectivity index (χ2n) is 4.78. The number of nitrogen functional groups attached to an aromatic ring is 1.